The lowest BCUT2D eigenvalue weighted by molar-refractivity contribution is 0.0127. The van der Waals surface area contributed by atoms with Crippen LogP contribution in [0.2, 0.25) is 0 Å². The second-order valence-electron chi connectivity index (χ2n) is 4.60. The fourth-order valence-electron chi connectivity index (χ4n) is 1.35. The molecule has 1 N–H and O–H groups in total. The number of nitrogens with zero attached hydrogens (tertiary/aromatic N) is 4. The minimum Gasteiger partial charge on any atom is -0.444 e. The fourth-order valence-corrected chi connectivity index (χ4v) is 1.35. The summed E-state index contributed by atoms with van der Waals surface area (Å²) in [7, 11) is 0. The van der Waals surface area contributed by atoms with E-state index in [-0.39, 0.29) is 6.09 Å². The summed E-state index contributed by atoms with van der Waals surface area (Å²) in [4.78, 5) is 13.3. The Kier molecular flexibility index (Phi) is 3.92. The lowest BCUT2D eigenvalue weighted by Crippen LogP contribution is -2.48. The molecule has 0 saturated carbocycles. The molecule has 1 amide bonds. The minimum atomic E-state index is -0.473. The van der Waals surface area contributed by atoms with Gasteiger partial charge >= 0.3 is 6.09 Å². The Morgan fingerprint density at radius 1 is 1.25 bits per heavy atom. The van der Waals surface area contributed by atoms with Gasteiger partial charge in [0.25, 0.3) is 0 Å². The van der Waals surface area contributed by atoms with Gasteiger partial charge in [-0.2, -0.15) is 0 Å². The number of amides is 1. The molecule has 1 fully saturated rings. The SMILES string of the molecule is CC(C)(C)OC(=O)N1CCN(/N=N/O)CC1. The van der Waals surface area contributed by atoms with E-state index in [1.54, 1.807) is 9.91 Å². The van der Waals surface area contributed by atoms with Crippen molar-refractivity contribution < 1.29 is 14.7 Å². The Hall–Kier alpha value is -1.53. The van der Waals surface area contributed by atoms with Crippen LogP contribution >= 0.6 is 0 Å². The van der Waals surface area contributed by atoms with Gasteiger partial charge in [0.2, 0.25) is 0 Å². The number of ether oxygens (including phenoxy) is 1. The van der Waals surface area contributed by atoms with E-state index in [2.05, 4.69) is 10.5 Å². The third-order valence-electron chi connectivity index (χ3n) is 2.07. The average molecular weight is 230 g/mol. The molecule has 92 valence electrons. The Labute approximate surface area is 94.6 Å². The number of piperazine rings is 1. The van der Waals surface area contributed by atoms with Crippen LogP contribution < -0.4 is 0 Å². The van der Waals surface area contributed by atoms with Gasteiger partial charge in [-0.3, -0.25) is 5.01 Å². The smallest absolute Gasteiger partial charge is 0.410 e. The van der Waals surface area contributed by atoms with E-state index in [0.717, 1.165) is 0 Å². The second-order valence-corrected chi connectivity index (χ2v) is 4.60. The summed E-state index contributed by atoms with van der Waals surface area (Å²) in [6, 6.07) is 0. The van der Waals surface area contributed by atoms with Crippen LogP contribution in [-0.2, 0) is 4.74 Å². The average Bonchev–Trinajstić information content (AvgIpc) is 2.16. The normalized spacial score (nSPS) is 17.9. The number of rotatable bonds is 1. The highest BCUT2D eigenvalue weighted by molar-refractivity contribution is 5.68. The molecule has 0 unspecified atom stereocenters. The van der Waals surface area contributed by atoms with Crippen LogP contribution in [-0.4, -0.2) is 53.0 Å². The molecule has 7 heteroatoms. The highest BCUT2D eigenvalue weighted by atomic mass is 16.6. The van der Waals surface area contributed by atoms with Crippen LogP contribution in [0.5, 0.6) is 0 Å². The Morgan fingerprint density at radius 2 is 1.81 bits per heavy atom. The third-order valence-corrected chi connectivity index (χ3v) is 2.07. The summed E-state index contributed by atoms with van der Waals surface area (Å²) in [5, 5.41) is 16.0. The van der Waals surface area contributed by atoms with Crippen LogP contribution in [0.4, 0.5) is 4.79 Å². The van der Waals surface area contributed by atoms with E-state index >= 15 is 0 Å². The highest BCUT2D eigenvalue weighted by Gasteiger charge is 2.25. The van der Waals surface area contributed by atoms with Crippen LogP contribution in [0, 0.1) is 0 Å². The largest absolute Gasteiger partial charge is 0.444 e. The van der Waals surface area contributed by atoms with E-state index < -0.39 is 5.60 Å². The quantitative estimate of drug-likeness (QED) is 0.544. The van der Waals surface area contributed by atoms with Crippen molar-refractivity contribution in [1.82, 2.24) is 9.91 Å². The zero-order valence-corrected chi connectivity index (χ0v) is 9.88. The van der Waals surface area contributed by atoms with E-state index in [4.69, 9.17) is 9.94 Å². The summed E-state index contributed by atoms with van der Waals surface area (Å²) in [6.07, 6.45) is -0.312. The maximum Gasteiger partial charge on any atom is 0.410 e. The molecule has 0 atom stereocenters. The molecule has 7 nitrogen and oxygen atoms in total. The molecular weight excluding hydrogens is 212 g/mol. The van der Waals surface area contributed by atoms with Crippen molar-refractivity contribution in [2.45, 2.75) is 26.4 Å². The summed E-state index contributed by atoms with van der Waals surface area (Å²) in [6.45, 7) is 7.64. The van der Waals surface area contributed by atoms with Crippen LogP contribution in [0.1, 0.15) is 20.8 Å². The first-order chi connectivity index (χ1) is 7.42. The summed E-state index contributed by atoms with van der Waals surface area (Å²) < 4.78 is 5.24. The fraction of sp³-hybridized carbons (Fsp3) is 0.889. The van der Waals surface area contributed by atoms with Crippen molar-refractivity contribution >= 4 is 6.09 Å². The van der Waals surface area contributed by atoms with Gasteiger partial charge in [-0.1, -0.05) is 0 Å². The molecule has 1 saturated heterocycles. The monoisotopic (exact) mass is 230 g/mol. The number of hydrogen-bond donors (Lipinski definition) is 1. The molecule has 0 radical (unpaired) electrons. The molecule has 0 bridgehead atoms. The molecule has 16 heavy (non-hydrogen) atoms. The van der Waals surface area contributed by atoms with Crippen molar-refractivity contribution in [3.05, 3.63) is 0 Å². The van der Waals surface area contributed by atoms with Crippen LogP contribution in [0.15, 0.2) is 10.5 Å². The van der Waals surface area contributed by atoms with Gasteiger partial charge in [-0.05, 0) is 26.0 Å². The van der Waals surface area contributed by atoms with E-state index in [1.165, 1.54) is 0 Å². The zero-order valence-electron chi connectivity index (χ0n) is 9.88. The molecule has 1 rings (SSSR count). The molecule has 0 aromatic carbocycles. The number of carbonyl (C=O) groups is 1. The maximum absolute atomic E-state index is 11.7. The van der Waals surface area contributed by atoms with E-state index in [0.29, 0.717) is 26.2 Å². The first-order valence-electron chi connectivity index (χ1n) is 5.20. The minimum absolute atomic E-state index is 0.312. The highest BCUT2D eigenvalue weighted by Crippen LogP contribution is 2.11. The number of hydrogen-bond acceptors (Lipinski definition) is 4. The maximum atomic E-state index is 11.7. The van der Waals surface area contributed by atoms with Crippen molar-refractivity contribution in [1.29, 1.82) is 0 Å². The van der Waals surface area contributed by atoms with Crippen molar-refractivity contribution in [2.75, 3.05) is 26.2 Å². The summed E-state index contributed by atoms with van der Waals surface area (Å²) >= 11 is 0. The first kappa shape index (κ1) is 12.5. The predicted octanol–water partition coefficient (Wildman–Crippen LogP) is 1.30. The van der Waals surface area contributed by atoms with Gasteiger partial charge in [-0.25, -0.2) is 4.79 Å². The Balaban J connectivity index is 2.39. The molecule has 1 aliphatic heterocycles. The van der Waals surface area contributed by atoms with Gasteiger partial charge in [0.15, 0.2) is 0 Å². The molecule has 1 heterocycles. The van der Waals surface area contributed by atoms with E-state index in [1.807, 2.05) is 20.8 Å². The lowest BCUT2D eigenvalue weighted by atomic mass is 10.2. The van der Waals surface area contributed by atoms with Crippen molar-refractivity contribution in [2.24, 2.45) is 10.5 Å². The second kappa shape index (κ2) is 5.00. The van der Waals surface area contributed by atoms with E-state index in [9.17, 15) is 4.79 Å². The van der Waals surface area contributed by atoms with Crippen LogP contribution in [0.3, 0.4) is 0 Å². The predicted molar refractivity (Wildman–Crippen MR) is 56.0 cm³/mol. The van der Waals surface area contributed by atoms with Gasteiger partial charge in [0.05, 0.1) is 13.1 Å². The molecule has 0 aromatic rings. The summed E-state index contributed by atoms with van der Waals surface area (Å²) in [5.41, 5.74) is -0.473. The molecule has 0 spiro atoms. The Morgan fingerprint density at radius 3 is 2.25 bits per heavy atom. The van der Waals surface area contributed by atoms with Crippen molar-refractivity contribution in [3.8, 4) is 0 Å². The van der Waals surface area contributed by atoms with Gasteiger partial charge in [0.1, 0.15) is 5.60 Å². The standard InChI is InChI=1S/C9H18N4O3/c1-9(2,3)16-8(14)12-4-6-13(7-5-12)10-11-15/h4-7H2,1-3H3,(H,10,15). The molecule has 0 aromatic heterocycles. The number of carbonyl (C=O) groups excluding carboxylic acids is 1. The topological polar surface area (TPSA) is 77.7 Å². The molecule has 1 aliphatic rings. The molecule has 0 aliphatic carbocycles. The van der Waals surface area contributed by atoms with Gasteiger partial charge in [-0.15, -0.1) is 0 Å². The van der Waals surface area contributed by atoms with Gasteiger partial charge < -0.3 is 14.8 Å². The zero-order chi connectivity index (χ0) is 12.2. The van der Waals surface area contributed by atoms with Crippen molar-refractivity contribution in [3.63, 3.8) is 0 Å². The molecular formula is C9H18N4O3. The third kappa shape index (κ3) is 3.92. The summed E-state index contributed by atoms with van der Waals surface area (Å²) in [5.74, 6) is 0. The first-order valence-corrected chi connectivity index (χ1v) is 5.20. The lowest BCUT2D eigenvalue weighted by Gasteiger charge is -2.33. The Bertz CT molecular complexity index is 266. The van der Waals surface area contributed by atoms with Crippen LogP contribution in [0.25, 0.3) is 0 Å². The van der Waals surface area contributed by atoms with Gasteiger partial charge in [0, 0.05) is 18.4 Å².